The third-order valence-corrected chi connectivity index (χ3v) is 4.92. The summed E-state index contributed by atoms with van der Waals surface area (Å²) in [7, 11) is 0. The molecule has 1 N–H and O–H groups in total. The van der Waals surface area contributed by atoms with Crippen LogP contribution in [-0.2, 0) is 0 Å². The van der Waals surface area contributed by atoms with Crippen LogP contribution in [0.15, 0.2) is 42.6 Å². The minimum absolute atomic E-state index is 0.0889. The summed E-state index contributed by atoms with van der Waals surface area (Å²) in [5.41, 5.74) is 3.58. The van der Waals surface area contributed by atoms with Crippen LogP contribution in [0.1, 0.15) is 31.4 Å². The van der Waals surface area contributed by atoms with Crippen molar-refractivity contribution in [1.82, 2.24) is 20.4 Å². The molecule has 1 aliphatic carbocycles. The average Bonchev–Trinajstić information content (AvgIpc) is 2.70. The maximum atomic E-state index is 13.9. The maximum Gasteiger partial charge on any atom is 0.233 e. The lowest BCUT2D eigenvalue weighted by Gasteiger charge is -2.25. The predicted octanol–water partition coefficient (Wildman–Crippen LogP) is 4.27. The second-order valence-electron chi connectivity index (χ2n) is 7.03. The molecule has 4 rings (SSSR count). The van der Waals surface area contributed by atoms with Crippen LogP contribution in [0, 0.1) is 6.92 Å². The molecule has 28 heavy (non-hydrogen) atoms. The largest absolute Gasteiger partial charge is 0.507 e. The van der Waals surface area contributed by atoms with Gasteiger partial charge < -0.3 is 9.84 Å². The Balaban J connectivity index is 1.52. The Morgan fingerprint density at radius 3 is 2.57 bits per heavy atom. The fourth-order valence-corrected chi connectivity index (χ4v) is 3.42. The Morgan fingerprint density at radius 1 is 1.00 bits per heavy atom. The van der Waals surface area contributed by atoms with Gasteiger partial charge in [0.05, 0.1) is 17.6 Å². The number of nitrogens with zero attached hydrogens (tertiary/aromatic N) is 4. The first-order valence-corrected chi connectivity index (χ1v) is 9.38. The standard InChI is InChI=1S/C21H21FN4O2/c1-13-10-15(12-23-24-13)14-6-7-16(19(27)11-14)18-8-9-21(26-25-18)28-20-5-3-2-4-17(20)22/h6-12,17,20,27H,2-5H2,1H3/t17-,20+/m1/s1. The van der Waals surface area contributed by atoms with Gasteiger partial charge in [-0.1, -0.05) is 12.5 Å². The minimum atomic E-state index is -0.960. The van der Waals surface area contributed by atoms with Gasteiger partial charge >= 0.3 is 0 Å². The van der Waals surface area contributed by atoms with Gasteiger partial charge in [0.1, 0.15) is 18.0 Å². The maximum absolute atomic E-state index is 13.9. The highest BCUT2D eigenvalue weighted by atomic mass is 19.1. The van der Waals surface area contributed by atoms with Crippen molar-refractivity contribution < 1.29 is 14.2 Å². The van der Waals surface area contributed by atoms with Crippen LogP contribution in [0.4, 0.5) is 4.39 Å². The lowest BCUT2D eigenvalue weighted by molar-refractivity contribution is 0.0594. The highest BCUT2D eigenvalue weighted by molar-refractivity contribution is 5.73. The van der Waals surface area contributed by atoms with Gasteiger partial charge in [-0.25, -0.2) is 4.39 Å². The fraction of sp³-hybridized carbons (Fsp3) is 0.333. The summed E-state index contributed by atoms with van der Waals surface area (Å²) in [5, 5.41) is 26.5. The molecule has 0 spiro atoms. The summed E-state index contributed by atoms with van der Waals surface area (Å²) in [6, 6.07) is 10.6. The molecule has 1 aromatic carbocycles. The molecule has 0 saturated heterocycles. The molecule has 0 amide bonds. The third kappa shape index (κ3) is 3.93. The van der Waals surface area contributed by atoms with E-state index >= 15 is 0 Å². The Kier molecular flexibility index (Phi) is 5.14. The second kappa shape index (κ2) is 7.88. The van der Waals surface area contributed by atoms with Crippen molar-refractivity contribution in [2.45, 2.75) is 44.9 Å². The Morgan fingerprint density at radius 2 is 1.86 bits per heavy atom. The van der Waals surface area contributed by atoms with Gasteiger partial charge in [0.15, 0.2) is 0 Å². The molecule has 0 bridgehead atoms. The minimum Gasteiger partial charge on any atom is -0.507 e. The van der Waals surface area contributed by atoms with Crippen LogP contribution in [0.3, 0.4) is 0 Å². The Bertz CT molecular complexity index is 965. The Hall–Kier alpha value is -3.09. The number of ether oxygens (including phenoxy) is 1. The molecule has 1 aliphatic rings. The number of aryl methyl sites for hydroxylation is 1. The molecule has 1 saturated carbocycles. The summed E-state index contributed by atoms with van der Waals surface area (Å²) >= 11 is 0. The van der Waals surface area contributed by atoms with Crippen molar-refractivity contribution in [3.8, 4) is 34.0 Å². The molecule has 3 aromatic rings. The molecule has 144 valence electrons. The van der Waals surface area contributed by atoms with Crippen molar-refractivity contribution in [1.29, 1.82) is 0 Å². The van der Waals surface area contributed by atoms with Crippen molar-refractivity contribution >= 4 is 0 Å². The zero-order valence-electron chi connectivity index (χ0n) is 15.5. The van der Waals surface area contributed by atoms with E-state index in [4.69, 9.17) is 4.74 Å². The van der Waals surface area contributed by atoms with E-state index in [9.17, 15) is 9.50 Å². The molecular weight excluding hydrogens is 359 g/mol. The normalized spacial score (nSPS) is 19.4. The quantitative estimate of drug-likeness (QED) is 0.728. The number of aromatic nitrogens is 4. The van der Waals surface area contributed by atoms with Crippen molar-refractivity contribution in [3.05, 3.63) is 48.3 Å². The number of phenolic OH excluding ortho intramolecular Hbond substituents is 1. The lowest BCUT2D eigenvalue weighted by Crippen LogP contribution is -2.32. The number of alkyl halides is 1. The number of hydrogen-bond acceptors (Lipinski definition) is 6. The molecule has 0 unspecified atom stereocenters. The van der Waals surface area contributed by atoms with E-state index in [0.717, 1.165) is 29.7 Å². The smallest absolute Gasteiger partial charge is 0.233 e. The Labute approximate surface area is 162 Å². The second-order valence-corrected chi connectivity index (χ2v) is 7.03. The van der Waals surface area contributed by atoms with E-state index in [1.54, 1.807) is 30.5 Å². The van der Waals surface area contributed by atoms with E-state index in [1.165, 1.54) is 0 Å². The first kappa shape index (κ1) is 18.3. The van der Waals surface area contributed by atoms with Crippen LogP contribution < -0.4 is 4.74 Å². The van der Waals surface area contributed by atoms with E-state index in [0.29, 0.717) is 30.0 Å². The van der Waals surface area contributed by atoms with E-state index in [-0.39, 0.29) is 5.75 Å². The summed E-state index contributed by atoms with van der Waals surface area (Å²) in [4.78, 5) is 0. The van der Waals surface area contributed by atoms with E-state index < -0.39 is 12.3 Å². The molecule has 6 nitrogen and oxygen atoms in total. The van der Waals surface area contributed by atoms with Crippen LogP contribution >= 0.6 is 0 Å². The molecule has 0 radical (unpaired) electrons. The topological polar surface area (TPSA) is 81.0 Å². The lowest BCUT2D eigenvalue weighted by atomic mass is 9.96. The molecule has 1 fully saturated rings. The van der Waals surface area contributed by atoms with Crippen molar-refractivity contribution in [3.63, 3.8) is 0 Å². The average molecular weight is 380 g/mol. The number of rotatable bonds is 4. The number of benzene rings is 1. The zero-order valence-corrected chi connectivity index (χ0v) is 15.5. The van der Waals surface area contributed by atoms with Gasteiger partial charge in [-0.05, 0) is 56.0 Å². The number of phenols is 1. The zero-order chi connectivity index (χ0) is 19.5. The summed E-state index contributed by atoms with van der Waals surface area (Å²) in [6.07, 6.45) is 3.31. The molecule has 2 atom stereocenters. The fourth-order valence-electron chi connectivity index (χ4n) is 3.42. The van der Waals surface area contributed by atoms with Gasteiger partial charge in [0, 0.05) is 17.2 Å². The van der Waals surface area contributed by atoms with Gasteiger partial charge in [-0.15, -0.1) is 10.2 Å². The van der Waals surface area contributed by atoms with E-state index in [2.05, 4.69) is 20.4 Å². The van der Waals surface area contributed by atoms with E-state index in [1.807, 2.05) is 19.1 Å². The van der Waals surface area contributed by atoms with Crippen molar-refractivity contribution in [2.75, 3.05) is 0 Å². The number of aromatic hydroxyl groups is 1. The molecule has 2 aromatic heterocycles. The van der Waals surface area contributed by atoms with Gasteiger partial charge in [0.25, 0.3) is 0 Å². The molecule has 2 heterocycles. The summed E-state index contributed by atoms with van der Waals surface area (Å²) in [5.74, 6) is 0.388. The summed E-state index contributed by atoms with van der Waals surface area (Å²) in [6.45, 7) is 1.86. The SMILES string of the molecule is Cc1cc(-c2ccc(-c3ccc(O[C@H]4CCCC[C@H]4F)nn3)c(O)c2)cnn1. The molecule has 7 heteroatoms. The molecule has 0 aliphatic heterocycles. The summed E-state index contributed by atoms with van der Waals surface area (Å²) < 4.78 is 19.6. The first-order chi connectivity index (χ1) is 13.6. The highest BCUT2D eigenvalue weighted by Gasteiger charge is 2.26. The van der Waals surface area contributed by atoms with Gasteiger partial charge in [-0.3, -0.25) is 0 Å². The monoisotopic (exact) mass is 380 g/mol. The highest BCUT2D eigenvalue weighted by Crippen LogP contribution is 2.33. The van der Waals surface area contributed by atoms with Crippen molar-refractivity contribution in [2.24, 2.45) is 0 Å². The first-order valence-electron chi connectivity index (χ1n) is 9.38. The van der Waals surface area contributed by atoms with Crippen LogP contribution in [0.25, 0.3) is 22.4 Å². The van der Waals surface area contributed by atoms with Crippen LogP contribution in [0.5, 0.6) is 11.6 Å². The molecular formula is C21H21FN4O2. The van der Waals surface area contributed by atoms with Gasteiger partial charge in [-0.2, -0.15) is 10.2 Å². The third-order valence-electron chi connectivity index (χ3n) is 4.92. The van der Waals surface area contributed by atoms with Crippen LogP contribution in [-0.4, -0.2) is 37.8 Å². The van der Waals surface area contributed by atoms with Crippen LogP contribution in [0.2, 0.25) is 0 Å². The van der Waals surface area contributed by atoms with Gasteiger partial charge in [0.2, 0.25) is 5.88 Å². The number of halogens is 1. The predicted molar refractivity (Wildman–Crippen MR) is 103 cm³/mol. The number of hydrogen-bond donors (Lipinski definition) is 1.